The predicted octanol–water partition coefficient (Wildman–Crippen LogP) is 14.4. The topological polar surface area (TPSA) is 69.6 Å². The van der Waals surface area contributed by atoms with Gasteiger partial charge in [0.2, 0.25) is 5.89 Å². The van der Waals surface area contributed by atoms with Gasteiger partial charge in [0.25, 0.3) is 0 Å². The molecule has 13 aromatic rings. The lowest BCUT2D eigenvalue weighted by Gasteiger charge is -2.14. The molecule has 0 aliphatic heterocycles. The zero-order valence-corrected chi connectivity index (χ0v) is 33.2. The van der Waals surface area contributed by atoms with E-state index in [0.717, 1.165) is 93.2 Å². The lowest BCUT2D eigenvalue weighted by molar-refractivity contribution is 0.623. The molecule has 3 aromatic heterocycles. The van der Waals surface area contributed by atoms with Crippen molar-refractivity contribution < 1.29 is 4.42 Å². The summed E-state index contributed by atoms with van der Waals surface area (Å²) in [5, 5.41) is 11.1. The summed E-state index contributed by atoms with van der Waals surface area (Å²) < 4.78 is 8.97. The summed E-state index contributed by atoms with van der Waals surface area (Å²) in [5.74, 6) is 2.42. The van der Waals surface area contributed by atoms with Crippen molar-refractivity contribution >= 4 is 76.0 Å². The van der Waals surface area contributed by atoms with E-state index >= 15 is 0 Å². The molecule has 0 saturated carbocycles. The molecule has 0 N–H and O–H groups in total. The molecule has 0 aliphatic carbocycles. The maximum absolute atomic E-state index is 6.64. The van der Waals surface area contributed by atoms with Gasteiger partial charge in [0, 0.05) is 49.5 Å². The number of para-hydroxylation sites is 2. The van der Waals surface area contributed by atoms with Crippen molar-refractivity contribution in [3.05, 3.63) is 200 Å². The fourth-order valence-electron chi connectivity index (χ4n) is 9.43. The van der Waals surface area contributed by atoms with Crippen molar-refractivity contribution in [2.24, 2.45) is 0 Å². The molecular formula is C56H33N5O. The second-order valence-corrected chi connectivity index (χ2v) is 15.8. The van der Waals surface area contributed by atoms with Crippen molar-refractivity contribution in [2.75, 3.05) is 0 Å². The molecule has 0 bridgehead atoms. The molecule has 0 unspecified atom stereocenters. The third kappa shape index (κ3) is 5.30. The normalized spacial score (nSPS) is 11.9. The second kappa shape index (κ2) is 13.5. The molecule has 0 amide bonds. The van der Waals surface area contributed by atoms with E-state index < -0.39 is 0 Å². The van der Waals surface area contributed by atoms with E-state index in [1.54, 1.807) is 0 Å². The first-order valence-electron chi connectivity index (χ1n) is 20.8. The van der Waals surface area contributed by atoms with Crippen LogP contribution < -0.4 is 0 Å². The highest BCUT2D eigenvalue weighted by Crippen LogP contribution is 2.41. The standard InChI is InChI=1S/C56H33N5O/c1-2-14-37(15-3-1)56-57-47-32-30-36-28-27-35-29-31-41-44(50(35)51(36)52(47)62-56)22-12-24-46(41)55-59-53(58-54(60-55)45-23-11-16-34-13-4-5-19-40(34)45)38-17-10-18-39(33-38)61-48-25-8-6-20-42(48)43-21-7-9-26-49(43)61/h1-33H. The quantitative estimate of drug-likeness (QED) is 0.162. The zero-order valence-electron chi connectivity index (χ0n) is 33.2. The van der Waals surface area contributed by atoms with Crippen molar-refractivity contribution in [3.8, 4) is 51.3 Å². The van der Waals surface area contributed by atoms with Crippen LogP contribution in [-0.2, 0) is 0 Å². The summed E-state index contributed by atoms with van der Waals surface area (Å²) in [7, 11) is 0. The third-order valence-corrected chi connectivity index (χ3v) is 12.2. The fourth-order valence-corrected chi connectivity index (χ4v) is 9.43. The Labute approximate surface area is 355 Å². The van der Waals surface area contributed by atoms with Gasteiger partial charge in [-0.1, -0.05) is 158 Å². The number of hydrogen-bond donors (Lipinski definition) is 0. The Bertz CT molecular complexity index is 3880. The van der Waals surface area contributed by atoms with Gasteiger partial charge < -0.3 is 8.98 Å². The lowest BCUT2D eigenvalue weighted by atomic mass is 9.93. The van der Waals surface area contributed by atoms with E-state index in [0.29, 0.717) is 23.4 Å². The summed E-state index contributed by atoms with van der Waals surface area (Å²) in [6.45, 7) is 0. The van der Waals surface area contributed by atoms with Crippen LogP contribution >= 0.6 is 0 Å². The number of aromatic nitrogens is 5. The van der Waals surface area contributed by atoms with Crippen LogP contribution in [0, 0.1) is 0 Å². The average Bonchev–Trinajstić information content (AvgIpc) is 3.94. The Hall–Kier alpha value is -8.48. The number of benzene rings is 10. The van der Waals surface area contributed by atoms with Gasteiger partial charge in [0.1, 0.15) is 5.52 Å². The molecule has 288 valence electrons. The Morgan fingerprint density at radius 3 is 1.71 bits per heavy atom. The van der Waals surface area contributed by atoms with Crippen LogP contribution in [0.25, 0.3) is 127 Å². The monoisotopic (exact) mass is 791 g/mol. The molecular weight excluding hydrogens is 759 g/mol. The van der Waals surface area contributed by atoms with Crippen LogP contribution in [0.5, 0.6) is 0 Å². The van der Waals surface area contributed by atoms with Crippen molar-refractivity contribution in [2.45, 2.75) is 0 Å². The van der Waals surface area contributed by atoms with Crippen LogP contribution in [0.15, 0.2) is 205 Å². The second-order valence-electron chi connectivity index (χ2n) is 15.8. The van der Waals surface area contributed by atoms with Crippen molar-refractivity contribution in [1.82, 2.24) is 24.5 Å². The Kier molecular flexibility index (Phi) is 7.50. The van der Waals surface area contributed by atoms with E-state index in [2.05, 4.69) is 168 Å². The van der Waals surface area contributed by atoms with Gasteiger partial charge in [-0.15, -0.1) is 0 Å². The van der Waals surface area contributed by atoms with Gasteiger partial charge in [-0.25, -0.2) is 19.9 Å². The molecule has 0 radical (unpaired) electrons. The summed E-state index contributed by atoms with van der Waals surface area (Å²) in [5.41, 5.74) is 8.62. The minimum Gasteiger partial charge on any atom is -0.435 e. The van der Waals surface area contributed by atoms with Crippen LogP contribution in [0.3, 0.4) is 0 Å². The van der Waals surface area contributed by atoms with E-state index in [4.69, 9.17) is 24.4 Å². The average molecular weight is 792 g/mol. The Morgan fingerprint density at radius 2 is 0.919 bits per heavy atom. The minimum absolute atomic E-state index is 0.598. The lowest BCUT2D eigenvalue weighted by Crippen LogP contribution is -2.02. The van der Waals surface area contributed by atoms with Crippen LogP contribution in [0.1, 0.15) is 0 Å². The first kappa shape index (κ1) is 34.4. The summed E-state index contributed by atoms with van der Waals surface area (Å²) in [6, 6.07) is 69.8. The molecule has 13 rings (SSSR count). The Morgan fingerprint density at radius 1 is 0.355 bits per heavy atom. The first-order valence-corrected chi connectivity index (χ1v) is 20.8. The number of oxazole rings is 1. The molecule has 6 nitrogen and oxygen atoms in total. The van der Waals surface area contributed by atoms with E-state index in [1.807, 2.05) is 36.4 Å². The number of fused-ring (bicyclic) bond motifs is 11. The fraction of sp³-hybridized carbons (Fsp3) is 0. The summed E-state index contributed by atoms with van der Waals surface area (Å²) in [6.07, 6.45) is 0. The van der Waals surface area contributed by atoms with Crippen LogP contribution in [0.2, 0.25) is 0 Å². The van der Waals surface area contributed by atoms with E-state index in [9.17, 15) is 0 Å². The highest BCUT2D eigenvalue weighted by molar-refractivity contribution is 6.27. The Balaban J connectivity index is 1.05. The third-order valence-electron chi connectivity index (χ3n) is 12.2. The summed E-state index contributed by atoms with van der Waals surface area (Å²) in [4.78, 5) is 20.9. The van der Waals surface area contributed by atoms with E-state index in [1.165, 1.54) is 10.8 Å². The van der Waals surface area contributed by atoms with Crippen LogP contribution in [-0.4, -0.2) is 24.5 Å². The molecule has 0 spiro atoms. The van der Waals surface area contributed by atoms with Gasteiger partial charge >= 0.3 is 0 Å². The van der Waals surface area contributed by atoms with Gasteiger partial charge in [-0.3, -0.25) is 0 Å². The molecule has 0 aliphatic rings. The van der Waals surface area contributed by atoms with Crippen molar-refractivity contribution in [1.29, 1.82) is 0 Å². The maximum atomic E-state index is 6.64. The highest BCUT2D eigenvalue weighted by atomic mass is 16.3. The van der Waals surface area contributed by atoms with Gasteiger partial charge in [0.05, 0.1) is 11.0 Å². The smallest absolute Gasteiger partial charge is 0.227 e. The zero-order chi connectivity index (χ0) is 40.7. The molecule has 6 heteroatoms. The number of rotatable bonds is 5. The largest absolute Gasteiger partial charge is 0.435 e. The molecule has 0 fully saturated rings. The SMILES string of the molecule is c1ccc(-c2nc3ccc4ccc5ccc6c(-c7nc(-c8cccc(-n9c%10ccccc%10c%10ccccc%109)c8)nc(-c8cccc9ccccc89)n7)cccc6c5c4c3o2)cc1. The number of hydrogen-bond acceptors (Lipinski definition) is 5. The number of nitrogens with zero attached hydrogens (tertiary/aromatic N) is 5. The minimum atomic E-state index is 0.598. The molecule has 10 aromatic carbocycles. The van der Waals surface area contributed by atoms with Gasteiger partial charge in [-0.05, 0) is 74.8 Å². The van der Waals surface area contributed by atoms with Gasteiger partial charge in [0.15, 0.2) is 23.1 Å². The van der Waals surface area contributed by atoms with Crippen LogP contribution in [0.4, 0.5) is 0 Å². The highest BCUT2D eigenvalue weighted by Gasteiger charge is 2.20. The van der Waals surface area contributed by atoms with Crippen molar-refractivity contribution in [3.63, 3.8) is 0 Å². The molecule has 62 heavy (non-hydrogen) atoms. The maximum Gasteiger partial charge on any atom is 0.227 e. The van der Waals surface area contributed by atoms with Gasteiger partial charge in [-0.2, -0.15) is 0 Å². The molecule has 0 saturated heterocycles. The summed E-state index contributed by atoms with van der Waals surface area (Å²) >= 11 is 0. The molecule has 0 atom stereocenters. The van der Waals surface area contributed by atoms with E-state index in [-0.39, 0.29) is 0 Å². The first-order chi connectivity index (χ1) is 30.7. The molecule has 3 heterocycles. The predicted molar refractivity (Wildman–Crippen MR) is 254 cm³/mol.